The molecule has 0 saturated carbocycles. The molecular weight excluding hydrogens is 240 g/mol. The fourth-order valence-electron chi connectivity index (χ4n) is 2.08. The van der Waals surface area contributed by atoms with E-state index in [0.717, 1.165) is 23.3 Å². The smallest absolute Gasteiger partial charge is 0.145 e. The van der Waals surface area contributed by atoms with E-state index in [-0.39, 0.29) is 0 Å². The number of fused-ring (bicyclic) bond motifs is 1. The predicted octanol–water partition coefficient (Wildman–Crippen LogP) is 2.07. The largest absolute Gasteiger partial charge is 0.497 e. The van der Waals surface area contributed by atoms with Gasteiger partial charge in [-0.2, -0.15) is 0 Å². The first-order chi connectivity index (χ1) is 9.28. The molecule has 2 heterocycles. The number of nitrogens with zero attached hydrogens (tertiary/aromatic N) is 3. The van der Waals surface area contributed by atoms with Gasteiger partial charge in [0.15, 0.2) is 0 Å². The maximum Gasteiger partial charge on any atom is 0.145 e. The van der Waals surface area contributed by atoms with Gasteiger partial charge in [0.25, 0.3) is 0 Å². The van der Waals surface area contributed by atoms with Gasteiger partial charge in [-0.3, -0.25) is 0 Å². The van der Waals surface area contributed by atoms with E-state index >= 15 is 0 Å². The minimum absolute atomic E-state index is 0.512. The number of aromatic nitrogens is 3. The standard InChI is InChI=1S/C14H14N4O/c1-19-11-4-2-10(3-5-11)8-18-7-6-12-13(15)16-9-17-14(12)18/h2-7,9H,8H2,1H3,(H2,15,16,17). The van der Waals surface area contributed by atoms with Gasteiger partial charge in [0.05, 0.1) is 12.5 Å². The summed E-state index contributed by atoms with van der Waals surface area (Å²) in [7, 11) is 1.66. The number of methoxy groups -OCH3 is 1. The van der Waals surface area contributed by atoms with Crippen LogP contribution >= 0.6 is 0 Å². The summed E-state index contributed by atoms with van der Waals surface area (Å²) in [6.07, 6.45) is 3.46. The normalized spacial score (nSPS) is 10.8. The molecule has 0 atom stereocenters. The number of hydrogen-bond donors (Lipinski definition) is 1. The third-order valence-electron chi connectivity index (χ3n) is 3.10. The second-order valence-electron chi connectivity index (χ2n) is 4.29. The van der Waals surface area contributed by atoms with Crippen molar-refractivity contribution < 1.29 is 4.74 Å². The summed E-state index contributed by atoms with van der Waals surface area (Å²) < 4.78 is 7.20. The van der Waals surface area contributed by atoms with Crippen molar-refractivity contribution >= 4 is 16.9 Å². The van der Waals surface area contributed by atoms with Gasteiger partial charge in [-0.1, -0.05) is 12.1 Å². The van der Waals surface area contributed by atoms with Crippen LogP contribution in [-0.2, 0) is 6.54 Å². The number of ether oxygens (including phenoxy) is 1. The summed E-state index contributed by atoms with van der Waals surface area (Å²) in [5.41, 5.74) is 7.85. The van der Waals surface area contributed by atoms with Crippen LogP contribution in [0.3, 0.4) is 0 Å². The molecule has 0 aliphatic rings. The topological polar surface area (TPSA) is 66.0 Å². The van der Waals surface area contributed by atoms with E-state index in [9.17, 15) is 0 Å². The van der Waals surface area contributed by atoms with Crippen LogP contribution in [0.25, 0.3) is 11.0 Å². The average molecular weight is 254 g/mol. The van der Waals surface area contributed by atoms with Crippen LogP contribution in [0.4, 0.5) is 5.82 Å². The molecule has 5 heteroatoms. The van der Waals surface area contributed by atoms with Crippen molar-refractivity contribution in [3.05, 3.63) is 48.4 Å². The van der Waals surface area contributed by atoms with Crippen LogP contribution in [0.2, 0.25) is 0 Å². The predicted molar refractivity (Wildman–Crippen MR) is 74.0 cm³/mol. The zero-order valence-electron chi connectivity index (χ0n) is 10.6. The van der Waals surface area contributed by atoms with Crippen molar-refractivity contribution in [1.29, 1.82) is 0 Å². The van der Waals surface area contributed by atoms with Gasteiger partial charge in [0.1, 0.15) is 23.5 Å². The fourth-order valence-corrected chi connectivity index (χ4v) is 2.08. The van der Waals surface area contributed by atoms with E-state index in [1.54, 1.807) is 7.11 Å². The Morgan fingerprint density at radius 2 is 1.95 bits per heavy atom. The van der Waals surface area contributed by atoms with E-state index in [1.807, 2.05) is 36.5 Å². The highest BCUT2D eigenvalue weighted by molar-refractivity contribution is 5.86. The first-order valence-electron chi connectivity index (χ1n) is 5.96. The third kappa shape index (κ3) is 2.10. The lowest BCUT2D eigenvalue weighted by Crippen LogP contribution is -2.00. The summed E-state index contributed by atoms with van der Waals surface area (Å²) in [6.45, 7) is 0.740. The third-order valence-corrected chi connectivity index (χ3v) is 3.10. The van der Waals surface area contributed by atoms with E-state index in [2.05, 4.69) is 14.5 Å². The molecule has 19 heavy (non-hydrogen) atoms. The van der Waals surface area contributed by atoms with Gasteiger partial charge in [0, 0.05) is 12.7 Å². The maximum absolute atomic E-state index is 5.82. The highest BCUT2D eigenvalue weighted by atomic mass is 16.5. The quantitative estimate of drug-likeness (QED) is 0.777. The number of nitrogens with two attached hydrogens (primary N) is 1. The Balaban J connectivity index is 1.94. The minimum Gasteiger partial charge on any atom is -0.497 e. The molecule has 0 aliphatic carbocycles. The van der Waals surface area contributed by atoms with Crippen LogP contribution in [0.15, 0.2) is 42.9 Å². The van der Waals surface area contributed by atoms with Gasteiger partial charge in [-0.15, -0.1) is 0 Å². The highest BCUT2D eigenvalue weighted by Gasteiger charge is 2.06. The molecule has 0 unspecified atom stereocenters. The van der Waals surface area contributed by atoms with Crippen molar-refractivity contribution in [3.8, 4) is 5.75 Å². The molecule has 2 aromatic heterocycles. The second-order valence-corrected chi connectivity index (χ2v) is 4.29. The highest BCUT2D eigenvalue weighted by Crippen LogP contribution is 2.19. The van der Waals surface area contributed by atoms with Crippen molar-refractivity contribution in [2.45, 2.75) is 6.54 Å². The maximum atomic E-state index is 5.82. The fraction of sp³-hybridized carbons (Fsp3) is 0.143. The zero-order chi connectivity index (χ0) is 13.2. The summed E-state index contributed by atoms with van der Waals surface area (Å²) in [5, 5.41) is 0.885. The molecule has 0 spiro atoms. The average Bonchev–Trinajstić information content (AvgIpc) is 2.84. The second kappa shape index (κ2) is 4.61. The summed E-state index contributed by atoms with van der Waals surface area (Å²) >= 11 is 0. The molecule has 96 valence electrons. The number of hydrogen-bond acceptors (Lipinski definition) is 4. The van der Waals surface area contributed by atoms with Crippen LogP contribution in [-0.4, -0.2) is 21.6 Å². The van der Waals surface area contributed by atoms with Crippen molar-refractivity contribution in [3.63, 3.8) is 0 Å². The molecule has 0 amide bonds. The lowest BCUT2D eigenvalue weighted by atomic mass is 10.2. The van der Waals surface area contributed by atoms with Crippen molar-refractivity contribution in [1.82, 2.24) is 14.5 Å². The Hall–Kier alpha value is -2.56. The first-order valence-corrected chi connectivity index (χ1v) is 5.96. The van der Waals surface area contributed by atoms with Crippen molar-refractivity contribution in [2.75, 3.05) is 12.8 Å². The molecule has 3 aromatic rings. The molecule has 0 aliphatic heterocycles. The van der Waals surface area contributed by atoms with Crippen LogP contribution in [0.5, 0.6) is 5.75 Å². The van der Waals surface area contributed by atoms with Gasteiger partial charge in [0.2, 0.25) is 0 Å². The van der Waals surface area contributed by atoms with E-state index in [0.29, 0.717) is 5.82 Å². The molecule has 0 bridgehead atoms. The molecule has 0 fully saturated rings. The Morgan fingerprint density at radius 1 is 1.16 bits per heavy atom. The number of anilines is 1. The molecule has 0 radical (unpaired) electrons. The number of benzene rings is 1. The zero-order valence-corrected chi connectivity index (χ0v) is 10.6. The van der Waals surface area contributed by atoms with Crippen molar-refractivity contribution in [2.24, 2.45) is 0 Å². The van der Waals surface area contributed by atoms with E-state index in [1.165, 1.54) is 11.9 Å². The SMILES string of the molecule is COc1ccc(Cn2ccc3c(N)ncnc32)cc1. The van der Waals surface area contributed by atoms with Gasteiger partial charge >= 0.3 is 0 Å². The molecule has 1 aromatic carbocycles. The molecule has 0 saturated heterocycles. The van der Waals surface area contributed by atoms with Crippen LogP contribution in [0.1, 0.15) is 5.56 Å². The lowest BCUT2D eigenvalue weighted by molar-refractivity contribution is 0.414. The Kier molecular flexibility index (Phi) is 2.79. The number of rotatable bonds is 3. The minimum atomic E-state index is 0.512. The Labute approximate surface area is 110 Å². The van der Waals surface area contributed by atoms with Crippen LogP contribution < -0.4 is 10.5 Å². The monoisotopic (exact) mass is 254 g/mol. The Bertz CT molecular complexity index is 703. The first kappa shape index (κ1) is 11.5. The number of nitrogen functional groups attached to an aromatic ring is 1. The molecule has 5 nitrogen and oxygen atoms in total. The Morgan fingerprint density at radius 3 is 2.68 bits per heavy atom. The summed E-state index contributed by atoms with van der Waals surface area (Å²) in [5.74, 6) is 1.37. The van der Waals surface area contributed by atoms with Gasteiger partial charge in [-0.05, 0) is 23.8 Å². The summed E-state index contributed by atoms with van der Waals surface area (Å²) in [6, 6.07) is 9.91. The van der Waals surface area contributed by atoms with Gasteiger partial charge in [-0.25, -0.2) is 9.97 Å². The molecule has 3 rings (SSSR count). The van der Waals surface area contributed by atoms with E-state index in [4.69, 9.17) is 10.5 Å². The molecule has 2 N–H and O–H groups in total. The van der Waals surface area contributed by atoms with Crippen LogP contribution in [0, 0.1) is 0 Å². The van der Waals surface area contributed by atoms with E-state index < -0.39 is 0 Å². The molecular formula is C14H14N4O. The lowest BCUT2D eigenvalue weighted by Gasteiger charge is -2.06. The summed E-state index contributed by atoms with van der Waals surface area (Å²) in [4.78, 5) is 8.27. The van der Waals surface area contributed by atoms with Gasteiger partial charge < -0.3 is 15.0 Å².